The van der Waals surface area contributed by atoms with Gasteiger partial charge in [-0.3, -0.25) is 14.9 Å². The zero-order valence-electron chi connectivity index (χ0n) is 11.9. The lowest BCUT2D eigenvalue weighted by Crippen LogP contribution is -2.25. The molecule has 20 heavy (non-hydrogen) atoms. The van der Waals surface area contributed by atoms with Gasteiger partial charge in [0.25, 0.3) is 5.69 Å². The summed E-state index contributed by atoms with van der Waals surface area (Å²) >= 11 is 0. The van der Waals surface area contributed by atoms with Crippen LogP contribution in [0.1, 0.15) is 25.8 Å². The van der Waals surface area contributed by atoms with Gasteiger partial charge in [-0.1, -0.05) is 26.0 Å². The first-order chi connectivity index (χ1) is 9.32. The van der Waals surface area contributed by atoms with Gasteiger partial charge in [0, 0.05) is 12.6 Å². The fourth-order valence-corrected chi connectivity index (χ4v) is 2.10. The third-order valence-corrected chi connectivity index (χ3v) is 3.08. The summed E-state index contributed by atoms with van der Waals surface area (Å²) in [5.74, 6) is -1.19. The normalized spacial score (nSPS) is 12.2. The quantitative estimate of drug-likeness (QED) is 0.591. The van der Waals surface area contributed by atoms with Crippen LogP contribution in [-0.2, 0) is 4.79 Å². The zero-order valence-corrected chi connectivity index (χ0v) is 11.9. The van der Waals surface area contributed by atoms with Crippen LogP contribution in [0.5, 0.6) is 0 Å². The summed E-state index contributed by atoms with van der Waals surface area (Å²) in [6.45, 7) is 5.84. The molecule has 110 valence electrons. The first-order valence-corrected chi connectivity index (χ1v) is 6.53. The fraction of sp³-hybridized carbons (Fsp3) is 0.500. The van der Waals surface area contributed by atoms with Crippen molar-refractivity contribution in [1.29, 1.82) is 0 Å². The van der Waals surface area contributed by atoms with Crippen LogP contribution in [0.3, 0.4) is 0 Å². The number of nitrogens with zero attached hydrogens (tertiary/aromatic N) is 1. The predicted octanol–water partition coefficient (Wildman–Crippen LogP) is 3.06. The molecule has 0 amide bonds. The highest BCUT2D eigenvalue weighted by molar-refractivity contribution is 5.72. The van der Waals surface area contributed by atoms with Gasteiger partial charge in [-0.25, -0.2) is 0 Å². The third-order valence-electron chi connectivity index (χ3n) is 3.08. The lowest BCUT2D eigenvalue weighted by Gasteiger charge is -2.17. The number of benzene rings is 1. The summed E-state index contributed by atoms with van der Waals surface area (Å²) in [5.41, 5.74) is 1.10. The standard InChI is InChI=1S/C14H20N2O4/c1-9(2)7-11(14(17)18)8-15-13-10(3)5-4-6-12(13)16(19)20/h4-6,9,11,15H,7-8H2,1-3H3,(H,17,18). The maximum atomic E-state index is 11.2. The van der Waals surface area contributed by atoms with E-state index in [0.717, 1.165) is 5.56 Å². The lowest BCUT2D eigenvalue weighted by molar-refractivity contribution is -0.384. The van der Waals surface area contributed by atoms with Crippen molar-refractivity contribution in [3.8, 4) is 0 Å². The average Bonchev–Trinajstić information content (AvgIpc) is 2.34. The number of aliphatic carboxylic acids is 1. The molecule has 0 saturated carbocycles. The van der Waals surface area contributed by atoms with Crippen LogP contribution in [0.4, 0.5) is 11.4 Å². The van der Waals surface area contributed by atoms with Crippen LogP contribution < -0.4 is 5.32 Å². The number of carboxylic acids is 1. The van der Waals surface area contributed by atoms with Crippen molar-refractivity contribution in [3.05, 3.63) is 33.9 Å². The summed E-state index contributed by atoms with van der Waals surface area (Å²) in [7, 11) is 0. The minimum atomic E-state index is -0.887. The molecule has 0 bridgehead atoms. The molecule has 0 saturated heterocycles. The maximum Gasteiger partial charge on any atom is 0.308 e. The van der Waals surface area contributed by atoms with E-state index >= 15 is 0 Å². The Kier molecular flexibility index (Phi) is 5.49. The Morgan fingerprint density at radius 2 is 2.10 bits per heavy atom. The third kappa shape index (κ3) is 4.22. The molecule has 6 nitrogen and oxygen atoms in total. The van der Waals surface area contributed by atoms with Crippen molar-refractivity contribution < 1.29 is 14.8 Å². The van der Waals surface area contributed by atoms with Crippen molar-refractivity contribution >= 4 is 17.3 Å². The van der Waals surface area contributed by atoms with E-state index in [1.165, 1.54) is 6.07 Å². The molecule has 2 N–H and O–H groups in total. The Morgan fingerprint density at radius 3 is 2.60 bits per heavy atom. The van der Waals surface area contributed by atoms with E-state index in [4.69, 9.17) is 0 Å². The minimum Gasteiger partial charge on any atom is -0.481 e. The molecule has 0 radical (unpaired) electrons. The second-order valence-electron chi connectivity index (χ2n) is 5.27. The van der Waals surface area contributed by atoms with Crippen LogP contribution in [0, 0.1) is 28.9 Å². The van der Waals surface area contributed by atoms with Crippen molar-refractivity contribution in [3.63, 3.8) is 0 Å². The smallest absolute Gasteiger partial charge is 0.308 e. The maximum absolute atomic E-state index is 11.2. The van der Waals surface area contributed by atoms with Gasteiger partial charge >= 0.3 is 5.97 Å². The highest BCUT2D eigenvalue weighted by Crippen LogP contribution is 2.28. The molecular formula is C14H20N2O4. The Balaban J connectivity index is 2.87. The Hall–Kier alpha value is -2.11. The molecule has 0 aliphatic carbocycles. The molecule has 0 aliphatic rings. The summed E-state index contributed by atoms with van der Waals surface area (Å²) in [6.07, 6.45) is 0.530. The van der Waals surface area contributed by atoms with Crippen LogP contribution in [0.15, 0.2) is 18.2 Å². The summed E-state index contributed by atoms with van der Waals surface area (Å²) in [6, 6.07) is 4.78. The molecule has 0 fully saturated rings. The number of carbonyl (C=O) groups is 1. The van der Waals surface area contributed by atoms with Crippen LogP contribution >= 0.6 is 0 Å². The first kappa shape index (κ1) is 15.9. The van der Waals surface area contributed by atoms with E-state index in [9.17, 15) is 20.0 Å². The van der Waals surface area contributed by atoms with Gasteiger partial charge in [0.2, 0.25) is 0 Å². The van der Waals surface area contributed by atoms with Gasteiger partial charge in [0.1, 0.15) is 5.69 Å². The molecular weight excluding hydrogens is 260 g/mol. The molecule has 1 aromatic rings. The first-order valence-electron chi connectivity index (χ1n) is 6.53. The van der Waals surface area contributed by atoms with Crippen LogP contribution in [0.25, 0.3) is 0 Å². The van der Waals surface area contributed by atoms with Gasteiger partial charge in [0.15, 0.2) is 0 Å². The van der Waals surface area contributed by atoms with Crippen molar-refractivity contribution in [2.24, 2.45) is 11.8 Å². The van der Waals surface area contributed by atoms with Crippen molar-refractivity contribution in [2.45, 2.75) is 27.2 Å². The van der Waals surface area contributed by atoms with E-state index in [1.54, 1.807) is 19.1 Å². The zero-order chi connectivity index (χ0) is 15.3. The van der Waals surface area contributed by atoms with Gasteiger partial charge in [-0.05, 0) is 24.8 Å². The number of carboxylic acid groups (broad SMARTS) is 1. The van der Waals surface area contributed by atoms with Crippen molar-refractivity contribution in [2.75, 3.05) is 11.9 Å². The molecule has 1 aromatic carbocycles. The molecule has 0 spiro atoms. The van der Waals surface area contributed by atoms with E-state index < -0.39 is 16.8 Å². The van der Waals surface area contributed by atoms with E-state index in [2.05, 4.69) is 5.32 Å². The number of aryl methyl sites for hydroxylation is 1. The summed E-state index contributed by atoms with van der Waals surface area (Å²) in [4.78, 5) is 21.7. The monoisotopic (exact) mass is 280 g/mol. The van der Waals surface area contributed by atoms with Gasteiger partial charge in [-0.15, -0.1) is 0 Å². The second-order valence-corrected chi connectivity index (χ2v) is 5.27. The van der Waals surface area contributed by atoms with Gasteiger partial charge < -0.3 is 10.4 Å². The largest absolute Gasteiger partial charge is 0.481 e. The number of rotatable bonds is 7. The second kappa shape index (κ2) is 6.88. The molecule has 1 atom stereocenters. The van der Waals surface area contributed by atoms with Gasteiger partial charge in [-0.2, -0.15) is 0 Å². The Labute approximate surface area is 118 Å². The highest BCUT2D eigenvalue weighted by atomic mass is 16.6. The number of anilines is 1. The summed E-state index contributed by atoms with van der Waals surface area (Å²) < 4.78 is 0. The van der Waals surface area contributed by atoms with Crippen LogP contribution in [-0.4, -0.2) is 22.5 Å². The molecule has 0 heterocycles. The predicted molar refractivity (Wildman–Crippen MR) is 76.9 cm³/mol. The van der Waals surface area contributed by atoms with Crippen molar-refractivity contribution in [1.82, 2.24) is 0 Å². The Morgan fingerprint density at radius 1 is 1.45 bits per heavy atom. The van der Waals surface area contributed by atoms with E-state index in [0.29, 0.717) is 12.1 Å². The van der Waals surface area contributed by atoms with E-state index in [-0.39, 0.29) is 18.2 Å². The van der Waals surface area contributed by atoms with E-state index in [1.807, 2.05) is 13.8 Å². The topological polar surface area (TPSA) is 92.5 Å². The number of nitro benzene ring substituents is 1. The summed E-state index contributed by atoms with van der Waals surface area (Å²) in [5, 5.41) is 23.1. The molecule has 0 aromatic heterocycles. The number of nitro groups is 1. The number of nitrogens with one attached hydrogen (secondary N) is 1. The lowest BCUT2D eigenvalue weighted by atomic mass is 9.97. The SMILES string of the molecule is Cc1cccc([N+](=O)[O-])c1NCC(CC(C)C)C(=O)O. The number of hydrogen-bond donors (Lipinski definition) is 2. The molecule has 1 rings (SSSR count). The minimum absolute atomic E-state index is 0.0290. The Bertz CT molecular complexity index is 500. The van der Waals surface area contributed by atoms with Crippen LogP contribution in [0.2, 0.25) is 0 Å². The number of para-hydroxylation sites is 1. The highest BCUT2D eigenvalue weighted by Gasteiger charge is 2.21. The molecule has 1 unspecified atom stereocenters. The molecule has 6 heteroatoms. The average molecular weight is 280 g/mol. The fourth-order valence-electron chi connectivity index (χ4n) is 2.10. The van der Waals surface area contributed by atoms with Gasteiger partial charge in [0.05, 0.1) is 10.8 Å². The number of hydrogen-bond acceptors (Lipinski definition) is 4. The molecule has 0 aliphatic heterocycles.